The molecule has 1 saturated heterocycles. The van der Waals surface area contributed by atoms with Crippen LogP contribution >= 0.6 is 0 Å². The molecule has 2 aromatic rings. The number of amides is 1. The highest BCUT2D eigenvalue weighted by Gasteiger charge is 2.40. The molecule has 1 aliphatic rings. The third-order valence-corrected chi connectivity index (χ3v) is 9.86. The first-order valence-corrected chi connectivity index (χ1v) is 19.5. The minimum atomic E-state index is -3.56. The Bertz CT molecular complexity index is 1440. The Morgan fingerprint density at radius 2 is 1.76 bits per heavy atom. The van der Waals surface area contributed by atoms with Crippen LogP contribution in [0.25, 0.3) is 0 Å². The summed E-state index contributed by atoms with van der Waals surface area (Å²) in [6.07, 6.45) is 10.3. The fourth-order valence-electron chi connectivity index (χ4n) is 6.18. The summed E-state index contributed by atoms with van der Waals surface area (Å²) in [4.78, 5) is 19.3. The van der Waals surface area contributed by atoms with Gasteiger partial charge in [-0.25, -0.2) is 26.3 Å². The Morgan fingerprint density at radius 1 is 1.00 bits per heavy atom. The van der Waals surface area contributed by atoms with Crippen LogP contribution in [-0.4, -0.2) is 98.8 Å². The van der Waals surface area contributed by atoms with Gasteiger partial charge >= 0.3 is 0 Å². The van der Waals surface area contributed by atoms with Gasteiger partial charge in [-0.15, -0.1) is 0 Å². The summed E-state index contributed by atoms with van der Waals surface area (Å²) < 4.78 is 70.6. The molecule has 258 valence electrons. The maximum absolute atomic E-state index is 13.2. The molecule has 0 aliphatic carbocycles. The van der Waals surface area contributed by atoms with Crippen LogP contribution in [0.15, 0.2) is 48.8 Å². The number of rotatable bonds is 20. The fraction of sp³-hybridized carbons (Fsp3) is 0.625. The Morgan fingerprint density at radius 3 is 2.39 bits per heavy atom. The number of morpholine rings is 1. The third kappa shape index (κ3) is 12.0. The van der Waals surface area contributed by atoms with Crippen molar-refractivity contribution < 1.29 is 35.8 Å². The molecule has 1 aromatic heterocycles. The summed E-state index contributed by atoms with van der Waals surface area (Å²) >= 11 is 0. The highest BCUT2D eigenvalue weighted by molar-refractivity contribution is 7.89. The first-order chi connectivity index (χ1) is 21.9. The number of aromatic nitrogens is 1. The van der Waals surface area contributed by atoms with Crippen molar-refractivity contribution in [2.24, 2.45) is 5.92 Å². The minimum Gasteiger partial charge on any atom is -0.385 e. The van der Waals surface area contributed by atoms with Crippen molar-refractivity contribution in [2.45, 2.75) is 56.6 Å². The summed E-state index contributed by atoms with van der Waals surface area (Å²) in [5, 5.41) is 0. The van der Waals surface area contributed by atoms with Gasteiger partial charge in [0.2, 0.25) is 20.0 Å². The lowest BCUT2D eigenvalue weighted by Gasteiger charge is -2.41. The second kappa shape index (κ2) is 18.2. The molecule has 0 bridgehead atoms. The molecule has 12 nitrogen and oxygen atoms in total. The van der Waals surface area contributed by atoms with E-state index in [1.165, 1.54) is 0 Å². The van der Waals surface area contributed by atoms with Crippen molar-refractivity contribution in [3.8, 4) is 0 Å². The highest BCUT2D eigenvalue weighted by Crippen LogP contribution is 2.43. The molecule has 2 heterocycles. The Hall–Kier alpha value is -2.46. The molecule has 14 heteroatoms. The van der Waals surface area contributed by atoms with Crippen LogP contribution in [0.1, 0.15) is 72.5 Å². The summed E-state index contributed by atoms with van der Waals surface area (Å²) in [6.45, 7) is 2.86. The molecule has 0 radical (unpaired) electrons. The first kappa shape index (κ1) is 38.0. The molecule has 1 aliphatic heterocycles. The van der Waals surface area contributed by atoms with E-state index in [-0.39, 0.29) is 11.8 Å². The molecule has 46 heavy (non-hydrogen) atoms. The third-order valence-electron chi connectivity index (χ3n) is 8.42. The van der Waals surface area contributed by atoms with Gasteiger partial charge < -0.3 is 19.1 Å². The van der Waals surface area contributed by atoms with Crippen molar-refractivity contribution in [1.82, 2.24) is 19.3 Å². The van der Waals surface area contributed by atoms with E-state index in [4.69, 9.17) is 14.2 Å². The fourth-order valence-corrected chi connectivity index (χ4v) is 7.47. The second-order valence-corrected chi connectivity index (χ2v) is 15.5. The van der Waals surface area contributed by atoms with Gasteiger partial charge in [-0.1, -0.05) is 24.6 Å². The monoisotopic (exact) mass is 682 g/mol. The lowest BCUT2D eigenvalue weighted by Crippen LogP contribution is -2.40. The summed E-state index contributed by atoms with van der Waals surface area (Å²) in [7, 11) is -3.49. The quantitative estimate of drug-likeness (QED) is 0.201. The number of unbranched alkanes of at least 4 members (excludes halogenated alkanes) is 1. The topological polar surface area (TPSA) is 153 Å². The summed E-state index contributed by atoms with van der Waals surface area (Å²) in [5.41, 5.74) is 1.44. The van der Waals surface area contributed by atoms with E-state index < -0.39 is 31.7 Å². The van der Waals surface area contributed by atoms with Crippen LogP contribution in [0.3, 0.4) is 0 Å². The maximum atomic E-state index is 13.2. The minimum absolute atomic E-state index is 0.0161. The number of ether oxygens (including phenoxy) is 3. The molecular formula is C32H50N4O8S2. The van der Waals surface area contributed by atoms with Crippen LogP contribution in [-0.2, 0) is 39.9 Å². The Labute approximate surface area is 274 Å². The number of sulfonamides is 2. The smallest absolute Gasteiger partial charge is 0.254 e. The zero-order valence-corrected chi connectivity index (χ0v) is 29.1. The van der Waals surface area contributed by atoms with Gasteiger partial charge in [0.05, 0.1) is 31.3 Å². The standard InChI is InChI=1S/C32H50N4O8S2/c1-42-21-15-28(32(43-2,29-13-9-17-33-25-29)16-5-6-18-34-45(3,38)39)12-8-14-30(35-46(4,40)41)26-10-7-11-27(24-26)31(37)36-19-22-44-23-20-36/h7,9-11,13,17,24-25,28,30,34-35H,5-6,8,12,14-16,18-23H2,1-4H3. The predicted octanol–water partition coefficient (Wildman–Crippen LogP) is 3.23. The molecule has 0 saturated carbocycles. The van der Waals surface area contributed by atoms with E-state index >= 15 is 0 Å². The zero-order chi connectivity index (χ0) is 33.6. The number of benzene rings is 1. The van der Waals surface area contributed by atoms with Crippen LogP contribution in [0.5, 0.6) is 0 Å². The molecule has 3 rings (SSSR count). The van der Waals surface area contributed by atoms with Gasteiger partial charge in [-0.3, -0.25) is 9.78 Å². The summed E-state index contributed by atoms with van der Waals surface area (Å²) in [6, 6.07) is 10.5. The molecule has 1 amide bonds. The molecule has 1 aromatic carbocycles. The van der Waals surface area contributed by atoms with Crippen LogP contribution < -0.4 is 9.44 Å². The lowest BCUT2D eigenvalue weighted by molar-refractivity contribution is -0.0840. The van der Waals surface area contributed by atoms with Crippen LogP contribution in [0.2, 0.25) is 0 Å². The van der Waals surface area contributed by atoms with E-state index in [2.05, 4.69) is 14.4 Å². The van der Waals surface area contributed by atoms with Crippen molar-refractivity contribution >= 4 is 26.0 Å². The molecule has 3 atom stereocenters. The summed E-state index contributed by atoms with van der Waals surface area (Å²) in [5.74, 6) is -0.117. The van der Waals surface area contributed by atoms with E-state index in [1.807, 2.05) is 24.4 Å². The number of hydrogen-bond donors (Lipinski definition) is 2. The second-order valence-electron chi connectivity index (χ2n) is 11.8. The van der Waals surface area contributed by atoms with E-state index in [9.17, 15) is 21.6 Å². The Kier molecular flexibility index (Phi) is 15.0. The predicted molar refractivity (Wildman–Crippen MR) is 177 cm³/mol. The average molecular weight is 683 g/mol. The van der Waals surface area contributed by atoms with E-state index in [1.54, 1.807) is 43.5 Å². The van der Waals surface area contributed by atoms with Gasteiger partial charge in [-0.2, -0.15) is 0 Å². The van der Waals surface area contributed by atoms with Crippen LogP contribution in [0.4, 0.5) is 0 Å². The largest absolute Gasteiger partial charge is 0.385 e. The van der Waals surface area contributed by atoms with Gasteiger partial charge in [0.15, 0.2) is 0 Å². The normalized spacial score (nSPS) is 16.9. The van der Waals surface area contributed by atoms with Gasteiger partial charge in [0, 0.05) is 70.0 Å². The number of nitrogens with one attached hydrogen (secondary N) is 2. The number of carbonyl (C=O) groups excluding carboxylic acids is 1. The van der Waals surface area contributed by atoms with Crippen molar-refractivity contribution in [1.29, 1.82) is 0 Å². The van der Waals surface area contributed by atoms with E-state index in [0.717, 1.165) is 23.6 Å². The van der Waals surface area contributed by atoms with Gasteiger partial charge in [-0.05, 0) is 68.2 Å². The molecular weight excluding hydrogens is 633 g/mol. The average Bonchev–Trinajstić information content (AvgIpc) is 3.03. The SMILES string of the molecule is COCCC(CCCC(NS(C)(=O)=O)c1cccc(C(=O)N2CCOCC2)c1)C(CCCCNS(C)(=O)=O)(OC)c1cccnc1. The van der Waals surface area contributed by atoms with E-state index in [0.29, 0.717) is 90.0 Å². The molecule has 0 spiro atoms. The zero-order valence-electron chi connectivity index (χ0n) is 27.4. The maximum Gasteiger partial charge on any atom is 0.254 e. The first-order valence-electron chi connectivity index (χ1n) is 15.7. The molecule has 1 fully saturated rings. The molecule has 2 N–H and O–H groups in total. The van der Waals surface area contributed by atoms with Crippen molar-refractivity contribution in [3.05, 3.63) is 65.5 Å². The number of nitrogens with zero attached hydrogens (tertiary/aromatic N) is 2. The lowest BCUT2D eigenvalue weighted by atomic mass is 9.74. The number of methoxy groups -OCH3 is 2. The van der Waals surface area contributed by atoms with Crippen molar-refractivity contribution in [3.63, 3.8) is 0 Å². The molecule has 3 unspecified atom stereocenters. The van der Waals surface area contributed by atoms with Gasteiger partial charge in [0.25, 0.3) is 5.91 Å². The van der Waals surface area contributed by atoms with Crippen molar-refractivity contribution in [2.75, 3.05) is 66.2 Å². The highest BCUT2D eigenvalue weighted by atomic mass is 32.2. The number of hydrogen-bond acceptors (Lipinski definition) is 9. The van der Waals surface area contributed by atoms with Gasteiger partial charge in [0.1, 0.15) is 0 Å². The number of pyridine rings is 1. The number of carbonyl (C=O) groups is 1. The Balaban J connectivity index is 1.83. The van der Waals surface area contributed by atoms with Crippen LogP contribution in [0, 0.1) is 5.92 Å².